The Morgan fingerprint density at radius 2 is 0.636 bits per heavy atom. The maximum absolute atomic E-state index is 12.8. The minimum absolute atomic E-state index is 0.00437. The van der Waals surface area contributed by atoms with Gasteiger partial charge in [0.25, 0.3) is 0 Å². The first-order chi connectivity index (χ1) is 32.6. The minimum atomic E-state index is -0.629. The smallest absolute Gasteiger partial charge is 0.306 e. The Bertz CT molecular complexity index is 1540. The fraction of sp³-hybridized carbons (Fsp3) is 0.508. The normalized spacial score (nSPS) is 13.7. The van der Waals surface area contributed by atoms with Gasteiger partial charge in [-0.15, -0.1) is 0 Å². The maximum Gasteiger partial charge on any atom is 0.306 e. The molecule has 0 aromatic rings. The van der Waals surface area contributed by atoms with Crippen LogP contribution in [0, 0.1) is 0 Å². The van der Waals surface area contributed by atoms with Crippen molar-refractivity contribution in [1.82, 2.24) is 0 Å². The van der Waals surface area contributed by atoms with Crippen LogP contribution in [-0.2, 0) is 23.8 Å². The zero-order valence-corrected chi connectivity index (χ0v) is 41.9. The molecule has 0 aliphatic carbocycles. The van der Waals surface area contributed by atoms with Crippen molar-refractivity contribution in [2.75, 3.05) is 19.8 Å². The Morgan fingerprint density at radius 3 is 1.02 bits per heavy atom. The molecule has 0 N–H and O–H groups in total. The molecule has 0 bridgehead atoms. The van der Waals surface area contributed by atoms with Crippen molar-refractivity contribution in [3.63, 3.8) is 0 Å². The summed E-state index contributed by atoms with van der Waals surface area (Å²) < 4.78 is 17.2. The lowest BCUT2D eigenvalue weighted by Crippen LogP contribution is -2.30. The summed E-state index contributed by atoms with van der Waals surface area (Å²) in [5, 5.41) is 0. The van der Waals surface area contributed by atoms with Crippen molar-refractivity contribution in [2.45, 2.75) is 181 Å². The van der Waals surface area contributed by atoms with Crippen molar-refractivity contribution in [2.24, 2.45) is 0 Å². The van der Waals surface area contributed by atoms with Gasteiger partial charge in [-0.1, -0.05) is 210 Å². The molecule has 1 atom stereocenters. The van der Waals surface area contributed by atoms with Gasteiger partial charge in [0, 0.05) is 19.4 Å². The third-order valence-corrected chi connectivity index (χ3v) is 9.76. The average molecular weight is 905 g/mol. The summed E-state index contributed by atoms with van der Waals surface area (Å²) in [6.07, 6.45) is 82.5. The van der Waals surface area contributed by atoms with Gasteiger partial charge in [-0.05, 0) is 122 Å². The number of ether oxygens (including phenoxy) is 3. The molecule has 0 amide bonds. The SMILES string of the molecule is CC/C=C\C/C=C\C/C=C\C/C=C\C/C=C\C/C=C\CCC(=O)OCC(COCCCCCCC/C=C\C/C=C\C/C=C\C/C=C\CC)OC(=O)CC/C=C\C/C=C\C/C=C\C/C=C\CC. The predicted molar refractivity (Wildman–Crippen MR) is 287 cm³/mol. The molecule has 0 aromatic heterocycles. The molecule has 0 radical (unpaired) electrons. The Labute approximate surface area is 405 Å². The van der Waals surface area contributed by atoms with Gasteiger partial charge < -0.3 is 14.2 Å². The molecular formula is C61H92O5. The van der Waals surface area contributed by atoms with Gasteiger partial charge in [-0.25, -0.2) is 0 Å². The highest BCUT2D eigenvalue weighted by molar-refractivity contribution is 5.70. The molecule has 66 heavy (non-hydrogen) atoms. The first-order valence-corrected chi connectivity index (χ1v) is 25.7. The number of allylic oxidation sites excluding steroid dienone is 28. The van der Waals surface area contributed by atoms with Crippen molar-refractivity contribution in [1.29, 1.82) is 0 Å². The molecule has 0 heterocycles. The van der Waals surface area contributed by atoms with E-state index in [9.17, 15) is 9.59 Å². The molecule has 5 heteroatoms. The lowest BCUT2D eigenvalue weighted by Gasteiger charge is -2.18. The van der Waals surface area contributed by atoms with Crippen molar-refractivity contribution in [3.8, 4) is 0 Å². The van der Waals surface area contributed by atoms with E-state index >= 15 is 0 Å². The number of esters is 2. The summed E-state index contributed by atoms with van der Waals surface area (Å²) in [5.74, 6) is -0.617. The van der Waals surface area contributed by atoms with E-state index in [4.69, 9.17) is 14.2 Å². The second kappa shape index (κ2) is 54.6. The van der Waals surface area contributed by atoms with Crippen LogP contribution in [0.25, 0.3) is 0 Å². The van der Waals surface area contributed by atoms with Crippen LogP contribution in [0.3, 0.4) is 0 Å². The van der Waals surface area contributed by atoms with Crippen molar-refractivity contribution >= 4 is 11.9 Å². The monoisotopic (exact) mass is 905 g/mol. The van der Waals surface area contributed by atoms with E-state index < -0.39 is 6.10 Å². The van der Waals surface area contributed by atoms with Crippen LogP contribution in [0.1, 0.15) is 175 Å². The van der Waals surface area contributed by atoms with Crippen molar-refractivity contribution in [3.05, 3.63) is 170 Å². The second-order valence-corrected chi connectivity index (χ2v) is 15.9. The molecule has 5 nitrogen and oxygen atoms in total. The van der Waals surface area contributed by atoms with Crippen LogP contribution in [0.4, 0.5) is 0 Å². The van der Waals surface area contributed by atoms with Gasteiger partial charge in [-0.2, -0.15) is 0 Å². The number of carbonyl (C=O) groups is 2. The summed E-state index contributed by atoms with van der Waals surface area (Å²) >= 11 is 0. The standard InChI is InChI=1S/C61H92O5/c1-4-7-10-13-16-19-22-25-27-29-31-32-34-37-39-42-45-48-51-54-60(62)65-58-59(66-61(63)55-52-49-46-43-40-36-24-21-18-15-12-9-6-3)57-64-56-53-50-47-44-41-38-35-33-30-28-26-23-20-17-14-11-8-5-2/h7-12,16-21,25-28,31-33,35-37,39-40,45-46,48-49,59H,4-6,13-15,22-24,29-30,34,38,41-44,47,50-58H2,1-3H3/b10-7-,11-8-,12-9-,19-16-,20-17-,21-18-,27-25-,28-26-,32-31-,35-33-,39-37-,40-36-,48-45-,49-46-. The highest BCUT2D eigenvalue weighted by atomic mass is 16.6. The maximum atomic E-state index is 12.8. The van der Waals surface area contributed by atoms with Gasteiger partial charge in [0.2, 0.25) is 0 Å². The summed E-state index contributed by atoms with van der Waals surface area (Å²) in [7, 11) is 0. The zero-order valence-electron chi connectivity index (χ0n) is 41.9. The molecular weight excluding hydrogens is 813 g/mol. The fourth-order valence-corrected chi connectivity index (χ4v) is 6.07. The molecule has 366 valence electrons. The summed E-state index contributed by atoms with van der Waals surface area (Å²) in [5.41, 5.74) is 0. The summed E-state index contributed by atoms with van der Waals surface area (Å²) in [4.78, 5) is 25.3. The molecule has 0 spiro atoms. The molecule has 0 saturated carbocycles. The van der Waals surface area contributed by atoms with Gasteiger partial charge in [0.1, 0.15) is 6.61 Å². The third-order valence-electron chi connectivity index (χ3n) is 9.76. The average Bonchev–Trinajstić information content (AvgIpc) is 3.32. The van der Waals surface area contributed by atoms with E-state index in [2.05, 4.69) is 179 Å². The van der Waals surface area contributed by atoms with E-state index in [0.29, 0.717) is 19.4 Å². The molecule has 0 aliphatic rings. The lowest BCUT2D eigenvalue weighted by atomic mass is 10.1. The van der Waals surface area contributed by atoms with E-state index in [1.807, 2.05) is 12.2 Å². The summed E-state index contributed by atoms with van der Waals surface area (Å²) in [6.45, 7) is 7.24. The van der Waals surface area contributed by atoms with Crippen LogP contribution >= 0.6 is 0 Å². The largest absolute Gasteiger partial charge is 0.462 e. The molecule has 0 aliphatic heterocycles. The number of hydrogen-bond donors (Lipinski definition) is 0. The van der Waals surface area contributed by atoms with Gasteiger partial charge in [0.15, 0.2) is 6.10 Å². The third kappa shape index (κ3) is 51.9. The Kier molecular flexibility index (Phi) is 50.7. The molecule has 0 fully saturated rings. The van der Waals surface area contributed by atoms with Gasteiger partial charge in [-0.3, -0.25) is 9.59 Å². The fourth-order valence-electron chi connectivity index (χ4n) is 6.07. The van der Waals surface area contributed by atoms with E-state index in [-0.39, 0.29) is 38.0 Å². The van der Waals surface area contributed by atoms with Gasteiger partial charge >= 0.3 is 11.9 Å². The molecule has 0 aromatic carbocycles. The van der Waals surface area contributed by atoms with E-state index in [1.54, 1.807) is 0 Å². The summed E-state index contributed by atoms with van der Waals surface area (Å²) in [6, 6.07) is 0. The minimum Gasteiger partial charge on any atom is -0.462 e. The first-order valence-electron chi connectivity index (χ1n) is 25.7. The zero-order chi connectivity index (χ0) is 47.7. The lowest BCUT2D eigenvalue weighted by molar-refractivity contribution is -0.162. The number of unbranched alkanes of at least 4 members (excludes halogenated alkanes) is 5. The van der Waals surface area contributed by atoms with E-state index in [1.165, 1.54) is 19.3 Å². The Morgan fingerprint density at radius 1 is 0.333 bits per heavy atom. The first kappa shape index (κ1) is 61.3. The predicted octanol–water partition coefficient (Wildman–Crippen LogP) is 17.7. The highest BCUT2D eigenvalue weighted by Gasteiger charge is 2.17. The Balaban J connectivity index is 4.54. The van der Waals surface area contributed by atoms with Gasteiger partial charge in [0.05, 0.1) is 6.61 Å². The molecule has 0 saturated heterocycles. The van der Waals surface area contributed by atoms with Crippen LogP contribution < -0.4 is 0 Å². The van der Waals surface area contributed by atoms with Crippen LogP contribution in [0.5, 0.6) is 0 Å². The molecule has 1 unspecified atom stereocenters. The molecule has 0 rings (SSSR count). The van der Waals surface area contributed by atoms with Crippen LogP contribution in [0.15, 0.2) is 170 Å². The van der Waals surface area contributed by atoms with E-state index in [0.717, 1.165) is 109 Å². The van der Waals surface area contributed by atoms with Crippen LogP contribution in [0.2, 0.25) is 0 Å². The number of carbonyl (C=O) groups excluding carboxylic acids is 2. The van der Waals surface area contributed by atoms with Crippen LogP contribution in [-0.4, -0.2) is 37.9 Å². The van der Waals surface area contributed by atoms with Crippen molar-refractivity contribution < 1.29 is 23.8 Å². The highest BCUT2D eigenvalue weighted by Crippen LogP contribution is 2.09. The quantitative estimate of drug-likeness (QED) is 0.0346. The second-order valence-electron chi connectivity index (χ2n) is 15.9. The number of hydrogen-bond acceptors (Lipinski definition) is 5. The topological polar surface area (TPSA) is 61.8 Å². The number of rotatable bonds is 44. The Hall–Kier alpha value is -4.74.